The minimum atomic E-state index is -0.646. The van der Waals surface area contributed by atoms with Crippen molar-refractivity contribution >= 4 is 15.9 Å². The summed E-state index contributed by atoms with van der Waals surface area (Å²) in [6.07, 6.45) is 0. The van der Waals surface area contributed by atoms with E-state index in [2.05, 4.69) is 15.9 Å². The fourth-order valence-corrected chi connectivity index (χ4v) is 1.40. The molecule has 0 aliphatic carbocycles. The summed E-state index contributed by atoms with van der Waals surface area (Å²) >= 11 is 3.08. The van der Waals surface area contributed by atoms with Gasteiger partial charge in [0.25, 0.3) is 0 Å². The number of rotatable bonds is 1. The van der Waals surface area contributed by atoms with Gasteiger partial charge in [-0.15, -0.1) is 0 Å². The largest absolute Gasteiger partial charge is 0.504 e. The highest BCUT2D eigenvalue weighted by Crippen LogP contribution is 2.34. The maximum Gasteiger partial charge on any atom is 0.170 e. The van der Waals surface area contributed by atoms with E-state index in [4.69, 9.17) is 5.73 Å². The van der Waals surface area contributed by atoms with Crippen molar-refractivity contribution in [3.05, 3.63) is 27.5 Å². The number of halogens is 2. The van der Waals surface area contributed by atoms with Crippen LogP contribution in [0.4, 0.5) is 4.39 Å². The smallest absolute Gasteiger partial charge is 0.170 e. The number of phenols is 1. The Bertz CT molecular complexity index is 339. The third kappa shape index (κ3) is 1.84. The summed E-state index contributed by atoms with van der Waals surface area (Å²) in [5.74, 6) is -1.01. The van der Waals surface area contributed by atoms with E-state index in [0.717, 1.165) is 5.56 Å². The van der Waals surface area contributed by atoms with Gasteiger partial charge in [-0.1, -0.05) is 6.07 Å². The second kappa shape index (κ2) is 3.64. The van der Waals surface area contributed by atoms with Gasteiger partial charge < -0.3 is 10.8 Å². The van der Waals surface area contributed by atoms with Gasteiger partial charge in [0.2, 0.25) is 0 Å². The molecule has 0 fully saturated rings. The molecule has 0 aliphatic rings. The van der Waals surface area contributed by atoms with E-state index < -0.39 is 11.9 Å². The van der Waals surface area contributed by atoms with E-state index >= 15 is 0 Å². The Labute approximate surface area is 84.7 Å². The lowest BCUT2D eigenvalue weighted by molar-refractivity contribution is 0.422. The topological polar surface area (TPSA) is 46.2 Å². The number of nitrogens with two attached hydrogens (primary N) is 1. The van der Waals surface area contributed by atoms with Crippen LogP contribution in [-0.4, -0.2) is 5.11 Å². The second-order valence-electron chi connectivity index (χ2n) is 3.05. The van der Waals surface area contributed by atoms with Crippen LogP contribution in [-0.2, 0) is 0 Å². The van der Waals surface area contributed by atoms with Crippen molar-refractivity contribution in [2.75, 3.05) is 0 Å². The van der Waals surface area contributed by atoms with Gasteiger partial charge in [-0.05, 0) is 35.3 Å². The molecule has 0 spiro atoms. The van der Waals surface area contributed by atoms with Crippen molar-refractivity contribution < 1.29 is 9.50 Å². The van der Waals surface area contributed by atoms with Crippen molar-refractivity contribution in [1.29, 1.82) is 0 Å². The lowest BCUT2D eigenvalue weighted by atomic mass is 10.1. The fraction of sp³-hybridized carbons (Fsp3) is 0.333. The van der Waals surface area contributed by atoms with Crippen LogP contribution in [0.5, 0.6) is 5.75 Å². The Morgan fingerprint density at radius 3 is 2.62 bits per heavy atom. The molecule has 0 saturated heterocycles. The lowest BCUT2D eigenvalue weighted by Gasteiger charge is -2.11. The Hall–Kier alpha value is -0.610. The van der Waals surface area contributed by atoms with Crippen molar-refractivity contribution in [1.82, 2.24) is 0 Å². The summed E-state index contributed by atoms with van der Waals surface area (Å²) in [5.41, 5.74) is 6.64. The lowest BCUT2D eigenvalue weighted by Crippen LogP contribution is -2.08. The summed E-state index contributed by atoms with van der Waals surface area (Å²) in [6.45, 7) is 3.44. The van der Waals surface area contributed by atoms with Crippen LogP contribution in [0.25, 0.3) is 0 Å². The first-order valence-corrected chi connectivity index (χ1v) is 4.67. The van der Waals surface area contributed by atoms with Gasteiger partial charge in [0.05, 0.1) is 4.47 Å². The molecular weight excluding hydrogens is 237 g/mol. The zero-order chi connectivity index (χ0) is 10.2. The van der Waals surface area contributed by atoms with Crippen LogP contribution in [0.15, 0.2) is 10.5 Å². The quantitative estimate of drug-likeness (QED) is 0.802. The van der Waals surface area contributed by atoms with Crippen molar-refractivity contribution in [3.8, 4) is 5.75 Å². The number of aromatic hydroxyl groups is 1. The Balaban J connectivity index is 3.41. The molecule has 72 valence electrons. The van der Waals surface area contributed by atoms with Gasteiger partial charge in [-0.25, -0.2) is 4.39 Å². The standard InChI is InChI=1S/C9H11BrFNO/c1-4-3-6(5(2)12)8(11)9(13)7(4)10/h3,5,13H,12H2,1-2H3. The van der Waals surface area contributed by atoms with Crippen LogP contribution in [0.1, 0.15) is 24.1 Å². The van der Waals surface area contributed by atoms with Crippen LogP contribution in [0, 0.1) is 12.7 Å². The Morgan fingerprint density at radius 1 is 1.62 bits per heavy atom. The molecule has 0 saturated carbocycles. The molecule has 1 atom stereocenters. The normalized spacial score (nSPS) is 13.0. The van der Waals surface area contributed by atoms with Gasteiger partial charge >= 0.3 is 0 Å². The van der Waals surface area contributed by atoms with Gasteiger partial charge in [0.1, 0.15) is 0 Å². The first kappa shape index (κ1) is 10.5. The predicted molar refractivity (Wildman–Crippen MR) is 53.1 cm³/mol. The second-order valence-corrected chi connectivity index (χ2v) is 3.84. The minimum Gasteiger partial charge on any atom is -0.504 e. The van der Waals surface area contributed by atoms with Crippen LogP contribution >= 0.6 is 15.9 Å². The zero-order valence-corrected chi connectivity index (χ0v) is 9.02. The van der Waals surface area contributed by atoms with Crippen molar-refractivity contribution in [3.63, 3.8) is 0 Å². The average molecular weight is 248 g/mol. The summed E-state index contributed by atoms with van der Waals surface area (Å²) in [7, 11) is 0. The molecule has 0 aliphatic heterocycles. The van der Waals surface area contributed by atoms with Gasteiger partial charge in [0, 0.05) is 11.6 Å². The van der Waals surface area contributed by atoms with Gasteiger partial charge in [0.15, 0.2) is 11.6 Å². The molecule has 0 radical (unpaired) electrons. The molecule has 1 rings (SSSR count). The van der Waals surface area contributed by atoms with Crippen LogP contribution < -0.4 is 5.73 Å². The summed E-state index contributed by atoms with van der Waals surface area (Å²) < 4.78 is 13.7. The molecule has 0 amide bonds. The fourth-order valence-electron chi connectivity index (χ4n) is 1.11. The number of hydrogen-bond acceptors (Lipinski definition) is 2. The average Bonchev–Trinajstić information content (AvgIpc) is 2.07. The summed E-state index contributed by atoms with van der Waals surface area (Å²) in [5, 5.41) is 9.34. The molecule has 1 unspecified atom stereocenters. The highest BCUT2D eigenvalue weighted by Gasteiger charge is 2.15. The molecule has 2 nitrogen and oxygen atoms in total. The van der Waals surface area contributed by atoms with E-state index in [1.807, 2.05) is 0 Å². The highest BCUT2D eigenvalue weighted by atomic mass is 79.9. The third-order valence-corrected chi connectivity index (χ3v) is 2.88. The van der Waals surface area contributed by atoms with Crippen molar-refractivity contribution in [2.45, 2.75) is 19.9 Å². The SMILES string of the molecule is Cc1cc(C(C)N)c(F)c(O)c1Br. The molecule has 13 heavy (non-hydrogen) atoms. The third-order valence-electron chi connectivity index (χ3n) is 1.88. The molecule has 0 heterocycles. The molecule has 4 heteroatoms. The minimum absolute atomic E-state index is 0.332. The Morgan fingerprint density at radius 2 is 2.15 bits per heavy atom. The first-order chi connectivity index (χ1) is 5.95. The number of hydrogen-bond donors (Lipinski definition) is 2. The monoisotopic (exact) mass is 247 g/mol. The summed E-state index contributed by atoms with van der Waals surface area (Å²) in [4.78, 5) is 0. The van der Waals surface area contributed by atoms with Crippen molar-refractivity contribution in [2.24, 2.45) is 5.73 Å². The zero-order valence-electron chi connectivity index (χ0n) is 7.44. The van der Waals surface area contributed by atoms with E-state index in [-0.39, 0.29) is 5.75 Å². The number of phenolic OH excluding ortho intramolecular Hbond substituents is 1. The van der Waals surface area contributed by atoms with Crippen LogP contribution in [0.3, 0.4) is 0 Å². The van der Waals surface area contributed by atoms with E-state index in [1.165, 1.54) is 0 Å². The maximum atomic E-state index is 13.3. The molecular formula is C9H11BrFNO. The van der Waals surface area contributed by atoms with Gasteiger partial charge in [-0.2, -0.15) is 0 Å². The number of benzene rings is 1. The first-order valence-electron chi connectivity index (χ1n) is 3.88. The van der Waals surface area contributed by atoms with Gasteiger partial charge in [-0.3, -0.25) is 0 Å². The Kier molecular flexibility index (Phi) is 2.93. The molecule has 0 bridgehead atoms. The highest BCUT2D eigenvalue weighted by molar-refractivity contribution is 9.10. The van der Waals surface area contributed by atoms with Crippen LogP contribution in [0.2, 0.25) is 0 Å². The van der Waals surface area contributed by atoms with E-state index in [1.54, 1.807) is 19.9 Å². The maximum absolute atomic E-state index is 13.3. The van der Waals surface area contributed by atoms with E-state index in [9.17, 15) is 9.50 Å². The molecule has 3 N–H and O–H groups in total. The van der Waals surface area contributed by atoms with E-state index in [0.29, 0.717) is 10.0 Å². The molecule has 1 aromatic carbocycles. The predicted octanol–water partition coefficient (Wildman–Crippen LogP) is 2.62. The molecule has 1 aromatic rings. The summed E-state index contributed by atoms with van der Waals surface area (Å²) in [6, 6.07) is 1.21. The molecule has 0 aromatic heterocycles. The number of aryl methyl sites for hydroxylation is 1.